The molecule has 3 aromatic rings. The lowest BCUT2D eigenvalue weighted by Crippen LogP contribution is -2.51. The fourth-order valence-corrected chi connectivity index (χ4v) is 5.11. The van der Waals surface area contributed by atoms with Crippen molar-refractivity contribution in [3.63, 3.8) is 0 Å². The van der Waals surface area contributed by atoms with Crippen LogP contribution in [0.3, 0.4) is 0 Å². The summed E-state index contributed by atoms with van der Waals surface area (Å²) in [7, 11) is 0. The van der Waals surface area contributed by atoms with Crippen LogP contribution in [-0.4, -0.2) is 41.1 Å². The average molecular weight is 401 g/mol. The van der Waals surface area contributed by atoms with Gasteiger partial charge in [-0.25, -0.2) is 0 Å². The maximum Gasteiger partial charge on any atom is 0.253 e. The number of hydrogen-bond donors (Lipinski definition) is 0. The van der Waals surface area contributed by atoms with Crippen molar-refractivity contribution in [3.05, 3.63) is 78.0 Å². The van der Waals surface area contributed by atoms with Crippen LogP contribution in [0, 0.1) is 5.92 Å². The summed E-state index contributed by atoms with van der Waals surface area (Å²) in [5, 5.41) is 1.01. The summed E-state index contributed by atoms with van der Waals surface area (Å²) in [6, 6.07) is 20.5. The summed E-state index contributed by atoms with van der Waals surface area (Å²) < 4.78 is 6.32. The quantitative estimate of drug-likeness (QED) is 0.629. The SMILES string of the molecule is O=C(c1ccc2ncccc2c1)N1CCC2(CC1)CC(Cc1ccccc1)CCO2. The van der Waals surface area contributed by atoms with Gasteiger partial charge in [0.1, 0.15) is 0 Å². The molecular weight excluding hydrogens is 372 g/mol. The van der Waals surface area contributed by atoms with Crippen molar-refractivity contribution < 1.29 is 9.53 Å². The molecule has 1 spiro atoms. The third kappa shape index (κ3) is 3.97. The monoisotopic (exact) mass is 400 g/mol. The number of fused-ring (bicyclic) bond motifs is 1. The van der Waals surface area contributed by atoms with E-state index in [9.17, 15) is 4.79 Å². The van der Waals surface area contributed by atoms with Crippen molar-refractivity contribution >= 4 is 16.8 Å². The first-order chi connectivity index (χ1) is 14.7. The van der Waals surface area contributed by atoms with Gasteiger partial charge in [-0.15, -0.1) is 0 Å². The number of nitrogens with zero attached hydrogens (tertiary/aromatic N) is 2. The van der Waals surface area contributed by atoms with Crippen molar-refractivity contribution in [2.45, 2.75) is 37.7 Å². The fraction of sp³-hybridized carbons (Fsp3) is 0.385. The Labute approximate surface area is 177 Å². The smallest absolute Gasteiger partial charge is 0.253 e. The van der Waals surface area contributed by atoms with Crippen LogP contribution in [0.4, 0.5) is 0 Å². The number of aromatic nitrogens is 1. The second-order valence-electron chi connectivity index (χ2n) is 8.78. The first-order valence-corrected chi connectivity index (χ1v) is 11.0. The van der Waals surface area contributed by atoms with Crippen LogP contribution in [0.5, 0.6) is 0 Å². The highest BCUT2D eigenvalue weighted by Crippen LogP contribution is 2.39. The first-order valence-electron chi connectivity index (χ1n) is 11.0. The van der Waals surface area contributed by atoms with Gasteiger partial charge in [-0.1, -0.05) is 36.4 Å². The average Bonchev–Trinajstić information content (AvgIpc) is 2.80. The van der Waals surface area contributed by atoms with Crippen molar-refractivity contribution in [2.75, 3.05) is 19.7 Å². The molecule has 0 aliphatic carbocycles. The van der Waals surface area contributed by atoms with Gasteiger partial charge in [-0.2, -0.15) is 0 Å². The molecule has 0 saturated carbocycles. The van der Waals surface area contributed by atoms with Crippen LogP contribution in [-0.2, 0) is 11.2 Å². The van der Waals surface area contributed by atoms with Gasteiger partial charge in [-0.3, -0.25) is 9.78 Å². The Balaban J connectivity index is 1.23. The molecule has 2 fully saturated rings. The number of likely N-dealkylation sites (tertiary alicyclic amines) is 1. The van der Waals surface area contributed by atoms with Crippen LogP contribution in [0.25, 0.3) is 10.9 Å². The molecule has 1 amide bonds. The molecule has 4 heteroatoms. The number of amides is 1. The number of ether oxygens (including phenoxy) is 1. The highest BCUT2D eigenvalue weighted by molar-refractivity contribution is 5.98. The number of piperidine rings is 1. The fourth-order valence-electron chi connectivity index (χ4n) is 5.11. The van der Waals surface area contributed by atoms with Crippen LogP contribution in [0.1, 0.15) is 41.6 Å². The number of carbonyl (C=O) groups is 1. The minimum absolute atomic E-state index is 0.0538. The normalized spacial score (nSPS) is 21.1. The Kier molecular flexibility index (Phi) is 5.26. The van der Waals surface area contributed by atoms with E-state index in [0.29, 0.717) is 5.92 Å². The van der Waals surface area contributed by atoms with Crippen LogP contribution < -0.4 is 0 Å². The molecule has 1 atom stereocenters. The molecule has 2 aromatic carbocycles. The van der Waals surface area contributed by atoms with Gasteiger partial charge in [0, 0.05) is 36.8 Å². The van der Waals surface area contributed by atoms with E-state index < -0.39 is 0 Å². The molecule has 5 rings (SSSR count). The Bertz CT molecular complexity index is 1030. The second kappa shape index (κ2) is 8.19. The summed E-state index contributed by atoms with van der Waals surface area (Å²) in [5.41, 5.74) is 3.03. The molecule has 2 aliphatic heterocycles. The van der Waals surface area contributed by atoms with E-state index in [-0.39, 0.29) is 11.5 Å². The van der Waals surface area contributed by atoms with E-state index in [2.05, 4.69) is 35.3 Å². The van der Waals surface area contributed by atoms with Crippen molar-refractivity contribution in [3.8, 4) is 0 Å². The summed E-state index contributed by atoms with van der Waals surface area (Å²) >= 11 is 0. The Morgan fingerprint density at radius 2 is 1.90 bits per heavy atom. The molecule has 30 heavy (non-hydrogen) atoms. The first kappa shape index (κ1) is 19.3. The minimum Gasteiger partial charge on any atom is -0.375 e. The molecule has 0 radical (unpaired) electrons. The molecule has 2 aliphatic rings. The zero-order valence-electron chi connectivity index (χ0n) is 17.3. The Morgan fingerprint density at radius 3 is 2.73 bits per heavy atom. The van der Waals surface area contributed by atoms with Gasteiger partial charge in [0.2, 0.25) is 0 Å². The topological polar surface area (TPSA) is 42.4 Å². The minimum atomic E-state index is -0.0538. The predicted molar refractivity (Wildman–Crippen MR) is 118 cm³/mol. The number of benzene rings is 2. The van der Waals surface area contributed by atoms with Gasteiger partial charge >= 0.3 is 0 Å². The number of carbonyl (C=O) groups excluding carboxylic acids is 1. The standard InChI is InChI=1S/C26H28N2O2/c29-25(23-8-9-24-22(18-23)7-4-13-27-24)28-14-11-26(12-15-28)19-21(10-16-30-26)17-20-5-2-1-3-6-20/h1-9,13,18,21H,10-12,14-17,19H2. The highest BCUT2D eigenvalue weighted by Gasteiger charge is 2.41. The maximum absolute atomic E-state index is 13.1. The van der Waals surface area contributed by atoms with Gasteiger partial charge in [0.05, 0.1) is 11.1 Å². The number of pyridine rings is 1. The summed E-state index contributed by atoms with van der Waals surface area (Å²) in [6.45, 7) is 2.37. The number of rotatable bonds is 3. The predicted octanol–water partition coefficient (Wildman–Crippen LogP) is 4.88. The van der Waals surface area contributed by atoms with E-state index in [1.54, 1.807) is 6.20 Å². The van der Waals surface area contributed by atoms with Crippen molar-refractivity contribution in [1.82, 2.24) is 9.88 Å². The highest BCUT2D eigenvalue weighted by atomic mass is 16.5. The maximum atomic E-state index is 13.1. The molecular formula is C26H28N2O2. The molecule has 154 valence electrons. The molecule has 2 saturated heterocycles. The summed E-state index contributed by atoms with van der Waals surface area (Å²) in [5.74, 6) is 0.781. The summed E-state index contributed by atoms with van der Waals surface area (Å²) in [4.78, 5) is 19.4. The van der Waals surface area contributed by atoms with E-state index in [4.69, 9.17) is 4.74 Å². The van der Waals surface area contributed by atoms with Crippen molar-refractivity contribution in [2.24, 2.45) is 5.92 Å². The molecule has 3 heterocycles. The van der Waals surface area contributed by atoms with Gasteiger partial charge in [0.15, 0.2) is 0 Å². The van der Waals surface area contributed by atoms with E-state index in [1.807, 2.05) is 35.2 Å². The zero-order valence-corrected chi connectivity index (χ0v) is 17.3. The molecule has 0 bridgehead atoms. The lowest BCUT2D eigenvalue weighted by molar-refractivity contribution is -0.123. The van der Waals surface area contributed by atoms with E-state index >= 15 is 0 Å². The van der Waals surface area contributed by atoms with Crippen molar-refractivity contribution in [1.29, 1.82) is 0 Å². The van der Waals surface area contributed by atoms with Gasteiger partial charge in [-0.05, 0) is 67.9 Å². The Hall–Kier alpha value is -2.72. The lowest BCUT2D eigenvalue weighted by atomic mass is 9.77. The van der Waals surface area contributed by atoms with Crippen LogP contribution in [0.15, 0.2) is 66.9 Å². The van der Waals surface area contributed by atoms with Gasteiger partial charge < -0.3 is 9.64 Å². The Morgan fingerprint density at radius 1 is 1.07 bits per heavy atom. The molecule has 1 unspecified atom stereocenters. The largest absolute Gasteiger partial charge is 0.375 e. The van der Waals surface area contributed by atoms with E-state index in [0.717, 1.165) is 68.3 Å². The summed E-state index contributed by atoms with van der Waals surface area (Å²) in [6.07, 6.45) is 7.00. The van der Waals surface area contributed by atoms with Crippen LogP contribution in [0.2, 0.25) is 0 Å². The lowest BCUT2D eigenvalue weighted by Gasteiger charge is -2.46. The van der Waals surface area contributed by atoms with E-state index in [1.165, 1.54) is 5.56 Å². The number of hydrogen-bond acceptors (Lipinski definition) is 3. The third-order valence-corrected chi connectivity index (χ3v) is 6.77. The molecule has 4 nitrogen and oxygen atoms in total. The van der Waals surface area contributed by atoms with Gasteiger partial charge in [0.25, 0.3) is 5.91 Å². The second-order valence-corrected chi connectivity index (χ2v) is 8.78. The molecule has 0 N–H and O–H groups in total. The third-order valence-electron chi connectivity index (χ3n) is 6.77. The zero-order chi connectivity index (χ0) is 20.4. The molecule has 1 aromatic heterocycles. The van der Waals surface area contributed by atoms with Crippen LogP contribution >= 0.6 is 0 Å².